The van der Waals surface area contributed by atoms with Gasteiger partial charge in [-0.05, 0) is 45.4 Å². The third-order valence-electron chi connectivity index (χ3n) is 5.62. The van der Waals surface area contributed by atoms with Crippen LogP contribution in [0.15, 0.2) is 12.1 Å². The van der Waals surface area contributed by atoms with E-state index >= 15 is 0 Å². The van der Waals surface area contributed by atoms with Crippen molar-refractivity contribution < 1.29 is 23.4 Å². The van der Waals surface area contributed by atoms with Gasteiger partial charge in [-0.3, -0.25) is 9.36 Å². The highest BCUT2D eigenvalue weighted by Gasteiger charge is 2.27. The molecule has 0 bridgehead atoms. The van der Waals surface area contributed by atoms with Crippen LogP contribution < -0.4 is 14.8 Å². The maximum absolute atomic E-state index is 14.5. The molecule has 1 heterocycles. The molecule has 1 aromatic heterocycles. The van der Waals surface area contributed by atoms with E-state index in [4.69, 9.17) is 14.2 Å². The van der Waals surface area contributed by atoms with Gasteiger partial charge in [0.1, 0.15) is 17.4 Å². The summed E-state index contributed by atoms with van der Waals surface area (Å²) in [7, 11) is 1.84. The van der Waals surface area contributed by atoms with Gasteiger partial charge in [0.05, 0.1) is 24.3 Å². The molecule has 0 radical (unpaired) electrons. The van der Waals surface area contributed by atoms with Crippen molar-refractivity contribution in [3.8, 4) is 11.8 Å². The smallest absolute Gasteiger partial charge is 0.297 e. The number of carbonyl (C=O) groups excluding carboxylic acids is 1. The van der Waals surface area contributed by atoms with Gasteiger partial charge >= 0.3 is 0 Å². The molecule has 164 valence electrons. The lowest BCUT2D eigenvalue weighted by Crippen LogP contribution is -2.37. The number of imidazole rings is 1. The summed E-state index contributed by atoms with van der Waals surface area (Å²) in [6, 6.07) is 3.66. The van der Waals surface area contributed by atoms with Crippen molar-refractivity contribution in [2.75, 3.05) is 6.61 Å². The molecule has 1 N–H and O–H groups in total. The van der Waals surface area contributed by atoms with Gasteiger partial charge in [-0.1, -0.05) is 0 Å². The van der Waals surface area contributed by atoms with Gasteiger partial charge < -0.3 is 19.5 Å². The van der Waals surface area contributed by atoms with Crippen molar-refractivity contribution in [3.05, 3.63) is 17.9 Å². The Bertz CT molecular complexity index is 903. The van der Waals surface area contributed by atoms with E-state index in [-0.39, 0.29) is 36.1 Å². The minimum Gasteiger partial charge on any atom is -0.490 e. The fourth-order valence-electron chi connectivity index (χ4n) is 3.89. The van der Waals surface area contributed by atoms with Crippen LogP contribution in [0, 0.1) is 5.82 Å². The summed E-state index contributed by atoms with van der Waals surface area (Å²) in [4.78, 5) is 15.5. The molecule has 4 rings (SSSR count). The summed E-state index contributed by atoms with van der Waals surface area (Å²) >= 11 is 0. The number of nitrogens with zero attached hydrogens (tertiary/aromatic N) is 2. The van der Waals surface area contributed by atoms with Crippen molar-refractivity contribution in [2.45, 2.75) is 76.7 Å². The lowest BCUT2D eigenvalue weighted by Gasteiger charge is -2.29. The molecule has 2 aromatic rings. The summed E-state index contributed by atoms with van der Waals surface area (Å²) < 4.78 is 34.1. The monoisotopic (exact) mass is 419 g/mol. The van der Waals surface area contributed by atoms with Crippen LogP contribution in [0.2, 0.25) is 0 Å². The van der Waals surface area contributed by atoms with Crippen LogP contribution in [0.5, 0.6) is 11.8 Å². The summed E-state index contributed by atoms with van der Waals surface area (Å²) in [5, 5.41) is 2.83. The van der Waals surface area contributed by atoms with E-state index in [1.807, 2.05) is 20.0 Å². The maximum Gasteiger partial charge on any atom is 0.297 e. The molecule has 2 aliphatic carbocycles. The van der Waals surface area contributed by atoms with E-state index in [1.165, 1.54) is 13.0 Å². The molecule has 0 spiro atoms. The molecular weight excluding hydrogens is 389 g/mol. The van der Waals surface area contributed by atoms with Crippen LogP contribution in [-0.4, -0.2) is 46.4 Å². The molecular formula is C22H30FN3O4. The summed E-state index contributed by atoms with van der Waals surface area (Å²) in [6.07, 6.45) is 5.92. The first-order chi connectivity index (χ1) is 14.4. The average molecular weight is 419 g/mol. The van der Waals surface area contributed by atoms with Gasteiger partial charge in [-0.2, -0.15) is 4.98 Å². The van der Waals surface area contributed by atoms with Gasteiger partial charge in [0.2, 0.25) is 5.91 Å². The van der Waals surface area contributed by atoms with Crippen molar-refractivity contribution in [2.24, 2.45) is 7.05 Å². The number of ether oxygens (including phenoxy) is 3. The summed E-state index contributed by atoms with van der Waals surface area (Å²) in [5.41, 5.74) is 0.976. The predicted octanol–water partition coefficient (Wildman–Crippen LogP) is 3.48. The number of benzene rings is 1. The van der Waals surface area contributed by atoms with E-state index in [0.29, 0.717) is 29.4 Å². The fourth-order valence-corrected chi connectivity index (χ4v) is 3.89. The SMILES string of the molecule is CC(=O)N[C@@H](C)COC1CCC(Oc2nc3c(F)cc(OC4CC4)cc3n2C)CC1. The first-order valence-electron chi connectivity index (χ1n) is 10.8. The van der Waals surface area contributed by atoms with Crippen LogP contribution in [0.3, 0.4) is 0 Å². The largest absolute Gasteiger partial charge is 0.490 e. The van der Waals surface area contributed by atoms with E-state index in [1.54, 1.807) is 4.57 Å². The second-order valence-corrected chi connectivity index (χ2v) is 8.49. The van der Waals surface area contributed by atoms with Crippen LogP contribution in [-0.2, 0) is 16.6 Å². The van der Waals surface area contributed by atoms with Gasteiger partial charge in [-0.15, -0.1) is 0 Å². The van der Waals surface area contributed by atoms with E-state index in [2.05, 4.69) is 10.3 Å². The lowest BCUT2D eigenvalue weighted by atomic mass is 9.95. The highest BCUT2D eigenvalue weighted by atomic mass is 19.1. The number of halogens is 1. The van der Waals surface area contributed by atoms with E-state index in [0.717, 1.165) is 38.5 Å². The maximum atomic E-state index is 14.5. The number of nitrogens with one attached hydrogen (secondary N) is 1. The van der Waals surface area contributed by atoms with Gasteiger partial charge in [0, 0.05) is 32.1 Å². The molecule has 7 nitrogen and oxygen atoms in total. The number of amides is 1. The third kappa shape index (κ3) is 5.03. The standard InChI is InChI=1S/C22H30FN3O4/c1-13(24-14(2)27)12-28-15-4-6-17(7-5-15)30-22-25-21-19(23)10-18(29-16-8-9-16)11-20(21)26(22)3/h10-11,13,15-17H,4-9,12H2,1-3H3,(H,24,27)/t13-,15?,17?/m0/s1. The van der Waals surface area contributed by atoms with Crippen molar-refractivity contribution >= 4 is 16.9 Å². The van der Waals surface area contributed by atoms with Gasteiger partial charge in [0.25, 0.3) is 6.01 Å². The minimum absolute atomic E-state index is 0.000142. The number of carbonyl (C=O) groups is 1. The molecule has 2 fully saturated rings. The molecule has 2 aliphatic rings. The van der Waals surface area contributed by atoms with Gasteiger partial charge in [0.15, 0.2) is 5.82 Å². The Morgan fingerprint density at radius 1 is 1.17 bits per heavy atom. The second kappa shape index (κ2) is 8.79. The Hall–Kier alpha value is -2.35. The molecule has 8 heteroatoms. The highest BCUT2D eigenvalue weighted by molar-refractivity contribution is 5.79. The van der Waals surface area contributed by atoms with Crippen molar-refractivity contribution in [1.82, 2.24) is 14.9 Å². The number of fused-ring (bicyclic) bond motifs is 1. The molecule has 30 heavy (non-hydrogen) atoms. The zero-order chi connectivity index (χ0) is 21.3. The first-order valence-corrected chi connectivity index (χ1v) is 10.8. The number of aryl methyl sites for hydroxylation is 1. The molecule has 1 aromatic carbocycles. The Morgan fingerprint density at radius 3 is 2.47 bits per heavy atom. The third-order valence-corrected chi connectivity index (χ3v) is 5.62. The average Bonchev–Trinajstić information content (AvgIpc) is 3.45. The molecule has 2 saturated carbocycles. The van der Waals surface area contributed by atoms with Crippen molar-refractivity contribution in [1.29, 1.82) is 0 Å². The predicted molar refractivity (Wildman–Crippen MR) is 110 cm³/mol. The first kappa shape index (κ1) is 20.9. The number of hydrogen-bond acceptors (Lipinski definition) is 5. The Morgan fingerprint density at radius 2 is 1.80 bits per heavy atom. The highest BCUT2D eigenvalue weighted by Crippen LogP contribution is 2.33. The number of aromatic nitrogens is 2. The molecule has 1 amide bonds. The van der Waals surface area contributed by atoms with Crippen LogP contribution in [0.1, 0.15) is 52.4 Å². The van der Waals surface area contributed by atoms with Crippen LogP contribution >= 0.6 is 0 Å². The lowest BCUT2D eigenvalue weighted by molar-refractivity contribution is -0.120. The molecule has 0 unspecified atom stereocenters. The van der Waals surface area contributed by atoms with E-state index in [9.17, 15) is 9.18 Å². The van der Waals surface area contributed by atoms with E-state index < -0.39 is 0 Å². The Labute approximate surface area is 175 Å². The van der Waals surface area contributed by atoms with Gasteiger partial charge in [-0.25, -0.2) is 4.39 Å². The number of hydrogen-bond donors (Lipinski definition) is 1. The Balaban J connectivity index is 1.33. The molecule has 0 aliphatic heterocycles. The quantitative estimate of drug-likeness (QED) is 0.709. The minimum atomic E-state index is -0.390. The van der Waals surface area contributed by atoms with Crippen LogP contribution in [0.25, 0.3) is 11.0 Å². The molecule has 1 atom stereocenters. The zero-order valence-corrected chi connectivity index (χ0v) is 17.8. The normalized spacial score (nSPS) is 22.7. The second-order valence-electron chi connectivity index (χ2n) is 8.49. The zero-order valence-electron chi connectivity index (χ0n) is 17.8. The summed E-state index contributed by atoms with van der Waals surface area (Å²) in [5.74, 6) is 0.107. The summed E-state index contributed by atoms with van der Waals surface area (Å²) in [6.45, 7) is 3.94. The molecule has 0 saturated heterocycles. The van der Waals surface area contributed by atoms with Crippen LogP contribution in [0.4, 0.5) is 4.39 Å². The van der Waals surface area contributed by atoms with Crippen molar-refractivity contribution in [3.63, 3.8) is 0 Å². The Kier molecular flexibility index (Phi) is 6.13. The fraction of sp³-hybridized carbons (Fsp3) is 0.636. The topological polar surface area (TPSA) is 74.6 Å². The number of rotatable bonds is 8.